The fraction of sp³-hybridized carbons (Fsp3) is 0.304. The van der Waals surface area contributed by atoms with Crippen LogP contribution in [-0.2, 0) is 4.79 Å². The number of aliphatic hydroxyl groups excluding tert-OH is 1. The van der Waals surface area contributed by atoms with E-state index in [1.807, 2.05) is 13.8 Å². The van der Waals surface area contributed by atoms with E-state index in [1.54, 1.807) is 12.1 Å². The SMILES string of the molecule is CC(C)COc1ccc(C(=O)N/C(=C/c2ccc(OC(F)(F)F)cc2)C(=O)NCCO)cc1. The van der Waals surface area contributed by atoms with Gasteiger partial charge in [0, 0.05) is 12.1 Å². The summed E-state index contributed by atoms with van der Waals surface area (Å²) in [6.07, 6.45) is -3.53. The van der Waals surface area contributed by atoms with Crippen molar-refractivity contribution in [3.8, 4) is 11.5 Å². The van der Waals surface area contributed by atoms with Crippen molar-refractivity contribution in [3.05, 3.63) is 65.4 Å². The standard InChI is InChI=1S/C23H25F3N2O5/c1-15(2)14-32-18-9-5-17(6-10-18)21(30)28-20(22(31)27-11-12-29)13-16-3-7-19(8-4-16)33-23(24,25)26/h3-10,13,15,29H,11-12,14H2,1-2H3,(H,27,31)(H,28,30)/b20-13+. The van der Waals surface area contributed by atoms with Gasteiger partial charge in [-0.25, -0.2) is 0 Å². The third-order valence-corrected chi connectivity index (χ3v) is 4.01. The minimum absolute atomic E-state index is 0.0493. The third-order valence-electron chi connectivity index (χ3n) is 4.01. The van der Waals surface area contributed by atoms with Gasteiger partial charge in [-0.05, 0) is 54.0 Å². The summed E-state index contributed by atoms with van der Waals surface area (Å²) in [5.74, 6) is -0.738. The number of alkyl halides is 3. The van der Waals surface area contributed by atoms with Crippen molar-refractivity contribution in [1.29, 1.82) is 0 Å². The minimum atomic E-state index is -4.82. The first-order valence-electron chi connectivity index (χ1n) is 10.1. The quantitative estimate of drug-likeness (QED) is 0.466. The number of rotatable bonds is 10. The summed E-state index contributed by atoms with van der Waals surface area (Å²) in [6, 6.07) is 11.1. The van der Waals surface area contributed by atoms with Gasteiger partial charge >= 0.3 is 6.36 Å². The van der Waals surface area contributed by atoms with Crippen LogP contribution in [0, 0.1) is 5.92 Å². The molecule has 0 atom stereocenters. The van der Waals surface area contributed by atoms with Crippen LogP contribution in [0.5, 0.6) is 11.5 Å². The average Bonchev–Trinajstić information content (AvgIpc) is 2.76. The lowest BCUT2D eigenvalue weighted by Crippen LogP contribution is -2.36. The molecule has 10 heteroatoms. The molecule has 0 bridgehead atoms. The van der Waals surface area contributed by atoms with Crippen LogP contribution >= 0.6 is 0 Å². The van der Waals surface area contributed by atoms with Gasteiger partial charge in [0.05, 0.1) is 13.2 Å². The molecular formula is C23H25F3N2O5. The molecule has 2 aromatic rings. The summed E-state index contributed by atoms with van der Waals surface area (Å²) >= 11 is 0. The van der Waals surface area contributed by atoms with E-state index in [0.717, 1.165) is 12.1 Å². The summed E-state index contributed by atoms with van der Waals surface area (Å²) in [6.45, 7) is 4.18. The monoisotopic (exact) mass is 466 g/mol. The van der Waals surface area contributed by atoms with Gasteiger partial charge in [-0.1, -0.05) is 26.0 Å². The molecule has 7 nitrogen and oxygen atoms in total. The summed E-state index contributed by atoms with van der Waals surface area (Å²) in [5.41, 5.74) is 0.455. The largest absolute Gasteiger partial charge is 0.573 e. The highest BCUT2D eigenvalue weighted by Gasteiger charge is 2.30. The minimum Gasteiger partial charge on any atom is -0.493 e. The second-order valence-electron chi connectivity index (χ2n) is 7.34. The van der Waals surface area contributed by atoms with Crippen LogP contribution in [-0.4, -0.2) is 43.0 Å². The van der Waals surface area contributed by atoms with Crippen molar-refractivity contribution in [2.75, 3.05) is 19.8 Å². The molecular weight excluding hydrogens is 441 g/mol. The summed E-state index contributed by atoms with van der Waals surface area (Å²) in [7, 11) is 0. The van der Waals surface area contributed by atoms with Gasteiger partial charge < -0.3 is 25.2 Å². The number of nitrogens with one attached hydrogen (secondary N) is 2. The number of carbonyl (C=O) groups is 2. The van der Waals surface area contributed by atoms with Crippen LogP contribution in [0.15, 0.2) is 54.2 Å². The van der Waals surface area contributed by atoms with Gasteiger partial charge in [0.2, 0.25) is 0 Å². The van der Waals surface area contributed by atoms with Gasteiger partial charge in [-0.2, -0.15) is 0 Å². The fourth-order valence-electron chi connectivity index (χ4n) is 2.52. The Morgan fingerprint density at radius 2 is 1.64 bits per heavy atom. The second-order valence-corrected chi connectivity index (χ2v) is 7.34. The van der Waals surface area contributed by atoms with Crippen molar-refractivity contribution < 1.29 is 37.3 Å². The Morgan fingerprint density at radius 1 is 1.03 bits per heavy atom. The van der Waals surface area contributed by atoms with Crippen molar-refractivity contribution in [3.63, 3.8) is 0 Å². The Bertz CT molecular complexity index is 956. The lowest BCUT2D eigenvalue weighted by atomic mass is 10.1. The molecule has 0 saturated carbocycles. The molecule has 2 amide bonds. The predicted octanol–water partition coefficient (Wildman–Crippen LogP) is 3.50. The number of benzene rings is 2. The van der Waals surface area contributed by atoms with E-state index in [1.165, 1.54) is 30.3 Å². The van der Waals surface area contributed by atoms with Gasteiger partial charge in [0.15, 0.2) is 0 Å². The summed E-state index contributed by atoms with van der Waals surface area (Å²) < 4.78 is 46.4. The number of ether oxygens (including phenoxy) is 2. The second kappa shape index (κ2) is 11.9. The number of hydrogen-bond donors (Lipinski definition) is 3. The highest BCUT2D eigenvalue weighted by Crippen LogP contribution is 2.23. The Labute approximate surface area is 189 Å². The number of carbonyl (C=O) groups excluding carboxylic acids is 2. The highest BCUT2D eigenvalue weighted by molar-refractivity contribution is 6.05. The Hall–Kier alpha value is -3.53. The Kier molecular flexibility index (Phi) is 9.29. The van der Waals surface area contributed by atoms with Gasteiger partial charge in [0.1, 0.15) is 17.2 Å². The smallest absolute Gasteiger partial charge is 0.493 e. The maximum atomic E-state index is 12.6. The molecule has 2 aromatic carbocycles. The Balaban J connectivity index is 2.18. The number of amides is 2. The van der Waals surface area contributed by atoms with Gasteiger partial charge in [0.25, 0.3) is 11.8 Å². The van der Waals surface area contributed by atoms with Crippen molar-refractivity contribution in [1.82, 2.24) is 10.6 Å². The van der Waals surface area contributed by atoms with Crippen LogP contribution < -0.4 is 20.1 Å². The normalized spacial score (nSPS) is 11.8. The third kappa shape index (κ3) is 9.24. The molecule has 0 fully saturated rings. The molecule has 2 rings (SSSR count). The maximum absolute atomic E-state index is 12.6. The van der Waals surface area contributed by atoms with E-state index >= 15 is 0 Å². The molecule has 0 unspecified atom stereocenters. The number of halogens is 3. The first-order valence-corrected chi connectivity index (χ1v) is 10.1. The van der Waals surface area contributed by atoms with Crippen LogP contribution in [0.2, 0.25) is 0 Å². The van der Waals surface area contributed by atoms with Gasteiger partial charge in [-0.15, -0.1) is 13.2 Å². The molecule has 0 aliphatic rings. The lowest BCUT2D eigenvalue weighted by molar-refractivity contribution is -0.274. The Morgan fingerprint density at radius 3 is 2.18 bits per heavy atom. The first kappa shape index (κ1) is 25.7. The summed E-state index contributed by atoms with van der Waals surface area (Å²) in [5, 5.41) is 13.8. The zero-order valence-electron chi connectivity index (χ0n) is 18.1. The number of aliphatic hydroxyl groups is 1. The van der Waals surface area contributed by atoms with E-state index in [0.29, 0.717) is 23.8 Å². The van der Waals surface area contributed by atoms with E-state index in [-0.39, 0.29) is 24.4 Å². The van der Waals surface area contributed by atoms with Crippen LogP contribution in [0.3, 0.4) is 0 Å². The van der Waals surface area contributed by atoms with Crippen molar-refractivity contribution in [2.45, 2.75) is 20.2 Å². The molecule has 0 saturated heterocycles. The zero-order chi connectivity index (χ0) is 24.4. The topological polar surface area (TPSA) is 96.9 Å². The van der Waals surface area contributed by atoms with Crippen LogP contribution in [0.4, 0.5) is 13.2 Å². The molecule has 3 N–H and O–H groups in total. The fourth-order valence-corrected chi connectivity index (χ4v) is 2.52. The molecule has 33 heavy (non-hydrogen) atoms. The maximum Gasteiger partial charge on any atom is 0.573 e. The molecule has 0 heterocycles. The van der Waals surface area contributed by atoms with E-state index in [2.05, 4.69) is 15.4 Å². The molecule has 178 valence electrons. The number of hydrogen-bond acceptors (Lipinski definition) is 5. The molecule has 0 aliphatic carbocycles. The van der Waals surface area contributed by atoms with E-state index < -0.39 is 23.9 Å². The van der Waals surface area contributed by atoms with Crippen LogP contribution in [0.25, 0.3) is 6.08 Å². The first-order chi connectivity index (χ1) is 15.6. The van der Waals surface area contributed by atoms with E-state index in [9.17, 15) is 22.8 Å². The van der Waals surface area contributed by atoms with Crippen LogP contribution in [0.1, 0.15) is 29.8 Å². The highest BCUT2D eigenvalue weighted by atomic mass is 19.4. The van der Waals surface area contributed by atoms with Gasteiger partial charge in [-0.3, -0.25) is 9.59 Å². The summed E-state index contributed by atoms with van der Waals surface area (Å²) in [4.78, 5) is 25.1. The lowest BCUT2D eigenvalue weighted by Gasteiger charge is -2.12. The predicted molar refractivity (Wildman–Crippen MR) is 115 cm³/mol. The van der Waals surface area contributed by atoms with Crippen molar-refractivity contribution >= 4 is 17.9 Å². The molecule has 0 aliphatic heterocycles. The van der Waals surface area contributed by atoms with Crippen molar-refractivity contribution in [2.24, 2.45) is 5.92 Å². The van der Waals surface area contributed by atoms with E-state index in [4.69, 9.17) is 9.84 Å². The molecule has 0 radical (unpaired) electrons. The molecule has 0 aromatic heterocycles. The molecule has 0 spiro atoms. The average molecular weight is 466 g/mol. The zero-order valence-corrected chi connectivity index (χ0v) is 18.1.